The number of aromatic carboxylic acids is 1. The molecule has 2 aromatic rings. The summed E-state index contributed by atoms with van der Waals surface area (Å²) in [6.45, 7) is 0.147. The quantitative estimate of drug-likeness (QED) is 0.206. The molecule has 13 nitrogen and oxygen atoms in total. The first-order valence-electron chi connectivity index (χ1n) is 8.82. The van der Waals surface area contributed by atoms with Crippen LogP contribution in [0.25, 0.3) is 0 Å². The molecule has 0 radical (unpaired) electrons. The van der Waals surface area contributed by atoms with E-state index in [4.69, 9.17) is 10.2 Å². The molecule has 2 rings (SSSR count). The Bertz CT molecular complexity index is 872. The van der Waals surface area contributed by atoms with Gasteiger partial charge in [-0.15, -0.1) is 0 Å². The van der Waals surface area contributed by atoms with E-state index in [2.05, 4.69) is 30.3 Å². The van der Waals surface area contributed by atoms with Crippen LogP contribution in [0, 0.1) is 0 Å². The number of carboxylic acid groups (broad SMARTS) is 1. The van der Waals surface area contributed by atoms with Crippen LogP contribution in [0.5, 0.6) is 0 Å². The number of rotatable bonds is 13. The third-order valence-corrected chi connectivity index (χ3v) is 4.08. The predicted molar refractivity (Wildman–Crippen MR) is 108 cm³/mol. The minimum absolute atomic E-state index is 0.0601. The summed E-state index contributed by atoms with van der Waals surface area (Å²) in [5.41, 5.74) is 0.504. The molecule has 0 saturated heterocycles. The number of carbonyl (C=O) groups is 1. The van der Waals surface area contributed by atoms with Crippen LogP contribution in [0.1, 0.15) is 10.4 Å². The van der Waals surface area contributed by atoms with Crippen molar-refractivity contribution in [2.75, 3.05) is 54.9 Å². The molecule has 0 bridgehead atoms. The number of nitrogens with one attached hydrogen (secondary N) is 3. The van der Waals surface area contributed by atoms with Crippen molar-refractivity contribution in [1.82, 2.24) is 19.7 Å². The van der Waals surface area contributed by atoms with Crippen LogP contribution >= 0.6 is 0 Å². The summed E-state index contributed by atoms with van der Waals surface area (Å²) in [6, 6.07) is 6.05. The number of aliphatic hydroxyl groups excluding tert-OH is 2. The van der Waals surface area contributed by atoms with Gasteiger partial charge in [0.2, 0.25) is 17.8 Å². The van der Waals surface area contributed by atoms with E-state index in [0.717, 1.165) is 0 Å². The Morgan fingerprint density at radius 1 is 1.10 bits per heavy atom. The standard InChI is InChI=1S/C16H23N7O6S/c24-8-5-17-14-20-15(19-12-3-1-2-11(10-12)13(26)27)22-16(21-14)23(7-9-25)6-4-18-30(28)29/h1-3,10,18,24-25H,4-9H2,(H,26,27)(H,28,29)(H2,17,19,20,21,22)/p-1. The number of aromatic nitrogens is 3. The Morgan fingerprint density at radius 3 is 2.53 bits per heavy atom. The van der Waals surface area contributed by atoms with Crippen LogP contribution in [0.3, 0.4) is 0 Å². The molecule has 6 N–H and O–H groups in total. The average Bonchev–Trinajstić information content (AvgIpc) is 2.71. The minimum atomic E-state index is -2.43. The second-order valence-electron chi connectivity index (χ2n) is 5.78. The number of nitrogens with zero attached hydrogens (tertiary/aromatic N) is 4. The van der Waals surface area contributed by atoms with Gasteiger partial charge in [0, 0.05) is 43.1 Å². The van der Waals surface area contributed by atoms with Crippen molar-refractivity contribution in [3.05, 3.63) is 29.8 Å². The number of carboxylic acids is 1. The highest BCUT2D eigenvalue weighted by Gasteiger charge is 2.14. The van der Waals surface area contributed by atoms with Crippen LogP contribution in [-0.4, -0.2) is 84.4 Å². The van der Waals surface area contributed by atoms with E-state index in [1.807, 2.05) is 0 Å². The summed E-state index contributed by atoms with van der Waals surface area (Å²) in [5.74, 6) is -0.715. The predicted octanol–water partition coefficient (Wildman–Crippen LogP) is -1.10. The van der Waals surface area contributed by atoms with E-state index in [-0.39, 0.29) is 62.8 Å². The Hall–Kier alpha value is -2.91. The molecule has 0 fully saturated rings. The fourth-order valence-corrected chi connectivity index (χ4v) is 2.62. The first-order chi connectivity index (χ1) is 14.4. The van der Waals surface area contributed by atoms with Crippen LogP contribution in [-0.2, 0) is 11.3 Å². The van der Waals surface area contributed by atoms with Gasteiger partial charge in [0.25, 0.3) is 0 Å². The van der Waals surface area contributed by atoms with Crippen molar-refractivity contribution in [1.29, 1.82) is 0 Å². The summed E-state index contributed by atoms with van der Waals surface area (Å²) in [4.78, 5) is 25.4. The lowest BCUT2D eigenvalue weighted by Crippen LogP contribution is -2.36. The van der Waals surface area contributed by atoms with Gasteiger partial charge in [-0.2, -0.15) is 15.0 Å². The van der Waals surface area contributed by atoms with E-state index in [0.29, 0.717) is 5.69 Å². The summed E-state index contributed by atoms with van der Waals surface area (Å²) in [7, 11) is 0. The van der Waals surface area contributed by atoms with E-state index in [1.165, 1.54) is 12.1 Å². The summed E-state index contributed by atoms with van der Waals surface area (Å²) in [6.07, 6.45) is 0. The second-order valence-corrected chi connectivity index (χ2v) is 6.54. The van der Waals surface area contributed by atoms with E-state index >= 15 is 0 Å². The lowest BCUT2D eigenvalue weighted by molar-refractivity contribution is 0.0697. The van der Waals surface area contributed by atoms with E-state index < -0.39 is 17.2 Å². The molecule has 0 amide bonds. The van der Waals surface area contributed by atoms with Crippen LogP contribution < -0.4 is 20.3 Å². The topological polar surface area (TPSA) is 196 Å². The van der Waals surface area contributed by atoms with Crippen molar-refractivity contribution in [3.63, 3.8) is 0 Å². The lowest BCUT2D eigenvalue weighted by atomic mass is 10.2. The van der Waals surface area contributed by atoms with Crippen molar-refractivity contribution < 1.29 is 28.9 Å². The molecule has 0 spiro atoms. The third-order valence-electron chi connectivity index (χ3n) is 3.64. The van der Waals surface area contributed by atoms with Crippen LogP contribution in [0.4, 0.5) is 23.5 Å². The summed E-state index contributed by atoms with van der Waals surface area (Å²) < 4.78 is 23.6. The zero-order chi connectivity index (χ0) is 21.9. The molecular formula is C16H22N7O6S-. The van der Waals surface area contributed by atoms with Gasteiger partial charge >= 0.3 is 5.97 Å². The number of anilines is 4. The monoisotopic (exact) mass is 440 g/mol. The van der Waals surface area contributed by atoms with Crippen LogP contribution in [0.2, 0.25) is 0 Å². The maximum atomic E-state index is 11.2. The first kappa shape index (κ1) is 23.4. The highest BCUT2D eigenvalue weighted by Crippen LogP contribution is 2.19. The molecule has 30 heavy (non-hydrogen) atoms. The zero-order valence-electron chi connectivity index (χ0n) is 15.8. The van der Waals surface area contributed by atoms with Crippen molar-refractivity contribution >= 4 is 40.8 Å². The Labute approximate surface area is 174 Å². The molecule has 14 heteroatoms. The molecule has 1 atom stereocenters. The largest absolute Gasteiger partial charge is 0.760 e. The van der Waals surface area contributed by atoms with Gasteiger partial charge in [0.1, 0.15) is 0 Å². The van der Waals surface area contributed by atoms with Crippen LogP contribution in [0.15, 0.2) is 24.3 Å². The molecule has 0 saturated carbocycles. The number of aliphatic hydroxyl groups is 2. The van der Waals surface area contributed by atoms with E-state index in [9.17, 15) is 18.7 Å². The smallest absolute Gasteiger partial charge is 0.335 e. The lowest BCUT2D eigenvalue weighted by Gasteiger charge is -2.23. The Kier molecular flexibility index (Phi) is 9.30. The van der Waals surface area contributed by atoms with Gasteiger partial charge < -0.3 is 35.4 Å². The molecule has 1 aromatic carbocycles. The SMILES string of the molecule is O=C(O)c1cccc(Nc2nc(NCCO)nc(N(CCO)CCNS(=O)[O-])n2)c1. The number of benzene rings is 1. The van der Waals surface area contributed by atoms with Gasteiger partial charge in [-0.25, -0.2) is 9.52 Å². The molecule has 1 heterocycles. The molecule has 0 aliphatic heterocycles. The first-order valence-corrected chi connectivity index (χ1v) is 9.90. The highest BCUT2D eigenvalue weighted by atomic mass is 32.2. The highest BCUT2D eigenvalue weighted by molar-refractivity contribution is 7.77. The third kappa shape index (κ3) is 7.49. The number of hydrogen-bond donors (Lipinski definition) is 6. The van der Waals surface area contributed by atoms with Gasteiger partial charge in [-0.05, 0) is 18.2 Å². The molecule has 1 unspecified atom stereocenters. The Balaban J connectivity index is 2.31. The normalized spacial score (nSPS) is 11.7. The average molecular weight is 440 g/mol. The summed E-state index contributed by atoms with van der Waals surface area (Å²) >= 11 is -2.43. The fraction of sp³-hybridized carbons (Fsp3) is 0.375. The molecule has 0 aliphatic carbocycles. The molecule has 164 valence electrons. The molecule has 0 aliphatic rings. The van der Waals surface area contributed by atoms with Crippen molar-refractivity contribution in [2.24, 2.45) is 0 Å². The van der Waals surface area contributed by atoms with Crippen molar-refractivity contribution in [2.45, 2.75) is 0 Å². The van der Waals surface area contributed by atoms with Gasteiger partial charge in [0.15, 0.2) is 0 Å². The molecular weight excluding hydrogens is 418 g/mol. The Morgan fingerprint density at radius 2 is 1.87 bits per heavy atom. The van der Waals surface area contributed by atoms with E-state index in [1.54, 1.807) is 17.0 Å². The second kappa shape index (κ2) is 11.9. The van der Waals surface area contributed by atoms with Crippen molar-refractivity contribution in [3.8, 4) is 0 Å². The van der Waals surface area contributed by atoms with Gasteiger partial charge in [-0.1, -0.05) is 6.07 Å². The summed E-state index contributed by atoms with van der Waals surface area (Å²) in [5, 5.41) is 33.2. The maximum absolute atomic E-state index is 11.2. The zero-order valence-corrected chi connectivity index (χ0v) is 16.6. The fourth-order valence-electron chi connectivity index (χ4n) is 2.36. The maximum Gasteiger partial charge on any atom is 0.335 e. The molecule has 1 aromatic heterocycles. The van der Waals surface area contributed by atoms with Gasteiger partial charge in [0.05, 0.1) is 18.8 Å². The number of hydrogen-bond acceptors (Lipinski definition) is 11. The minimum Gasteiger partial charge on any atom is -0.760 e. The van der Waals surface area contributed by atoms with Gasteiger partial charge in [-0.3, -0.25) is 4.21 Å².